The standard InChI is InChI=1S/C47H28N2OS/c1-2-14-29(15-3-1)31-16-4-5-18-33(31)46-48-43(45-44(49-46)34-19-7-13-25-42(34)51-45)30-26-27-37-35(28-30)32-17-6-8-20-36(32)47(37)38-21-9-11-23-40(38)50-41-24-12-10-22-39(41)47/h1-28H. The van der Waals surface area contributed by atoms with Crippen LogP contribution in [0.1, 0.15) is 22.3 Å². The van der Waals surface area contributed by atoms with Gasteiger partial charge in [-0.25, -0.2) is 9.97 Å². The van der Waals surface area contributed by atoms with Gasteiger partial charge < -0.3 is 4.74 Å². The highest BCUT2D eigenvalue weighted by atomic mass is 32.1. The molecular weight excluding hydrogens is 641 g/mol. The Kier molecular flexibility index (Phi) is 6.04. The smallest absolute Gasteiger partial charge is 0.161 e. The van der Waals surface area contributed by atoms with E-state index in [-0.39, 0.29) is 0 Å². The average Bonchev–Trinajstić information content (AvgIpc) is 3.72. The summed E-state index contributed by atoms with van der Waals surface area (Å²) in [5.74, 6) is 2.52. The highest BCUT2D eigenvalue weighted by Crippen LogP contribution is 2.62. The van der Waals surface area contributed by atoms with Gasteiger partial charge in [-0.1, -0.05) is 146 Å². The maximum Gasteiger partial charge on any atom is 0.161 e. The lowest BCUT2D eigenvalue weighted by molar-refractivity contribution is 0.436. The summed E-state index contributed by atoms with van der Waals surface area (Å²) >= 11 is 1.77. The second-order valence-corrected chi connectivity index (χ2v) is 14.3. The molecule has 1 spiro atoms. The predicted octanol–water partition coefficient (Wildman–Crippen LogP) is 12.3. The Morgan fingerprint density at radius 1 is 0.451 bits per heavy atom. The monoisotopic (exact) mass is 668 g/mol. The van der Waals surface area contributed by atoms with Gasteiger partial charge in [0.15, 0.2) is 5.82 Å². The van der Waals surface area contributed by atoms with Crippen molar-refractivity contribution in [3.8, 4) is 56.4 Å². The third-order valence-corrected chi connectivity index (χ3v) is 11.8. The maximum absolute atomic E-state index is 6.55. The number of thiophene rings is 1. The molecule has 1 aliphatic heterocycles. The Balaban J connectivity index is 1.20. The van der Waals surface area contributed by atoms with Gasteiger partial charge in [0.25, 0.3) is 0 Å². The first-order valence-corrected chi connectivity index (χ1v) is 18.1. The van der Waals surface area contributed by atoms with E-state index in [1.165, 1.54) is 27.0 Å². The van der Waals surface area contributed by atoms with E-state index in [1.54, 1.807) is 11.3 Å². The van der Waals surface area contributed by atoms with Crippen molar-refractivity contribution < 1.29 is 4.74 Å². The van der Waals surface area contributed by atoms with Crippen molar-refractivity contribution in [1.29, 1.82) is 0 Å². The summed E-state index contributed by atoms with van der Waals surface area (Å²) in [5, 5.41) is 1.15. The molecule has 2 aliphatic rings. The minimum Gasteiger partial charge on any atom is -0.457 e. The Morgan fingerprint density at radius 2 is 1.06 bits per heavy atom. The Labute approximate surface area is 299 Å². The van der Waals surface area contributed by atoms with Crippen LogP contribution in [0.5, 0.6) is 11.5 Å². The van der Waals surface area contributed by atoms with Crippen LogP contribution < -0.4 is 4.74 Å². The van der Waals surface area contributed by atoms with Gasteiger partial charge >= 0.3 is 0 Å². The fourth-order valence-corrected chi connectivity index (χ4v) is 9.61. The molecule has 11 rings (SSSR count). The normalized spacial score (nSPS) is 13.4. The van der Waals surface area contributed by atoms with Crippen molar-refractivity contribution in [3.63, 3.8) is 0 Å². The predicted molar refractivity (Wildman–Crippen MR) is 209 cm³/mol. The summed E-state index contributed by atoms with van der Waals surface area (Å²) in [6, 6.07) is 60.4. The summed E-state index contributed by atoms with van der Waals surface area (Å²) < 4.78 is 8.85. The lowest BCUT2D eigenvalue weighted by Gasteiger charge is -2.39. The zero-order chi connectivity index (χ0) is 33.5. The molecule has 0 saturated carbocycles. The van der Waals surface area contributed by atoms with Crippen molar-refractivity contribution >= 4 is 31.6 Å². The van der Waals surface area contributed by atoms with Crippen LogP contribution in [0.15, 0.2) is 170 Å². The van der Waals surface area contributed by atoms with Crippen LogP contribution in [0.2, 0.25) is 0 Å². The van der Waals surface area contributed by atoms with Crippen molar-refractivity contribution in [2.45, 2.75) is 5.41 Å². The number of rotatable bonds is 3. The lowest BCUT2D eigenvalue weighted by atomic mass is 9.66. The third kappa shape index (κ3) is 3.99. The zero-order valence-electron chi connectivity index (χ0n) is 27.4. The van der Waals surface area contributed by atoms with Crippen LogP contribution in [-0.4, -0.2) is 9.97 Å². The number of benzene rings is 7. The fourth-order valence-electron chi connectivity index (χ4n) is 8.46. The zero-order valence-corrected chi connectivity index (χ0v) is 28.2. The van der Waals surface area contributed by atoms with Gasteiger partial charge in [0.05, 0.1) is 21.3 Å². The van der Waals surface area contributed by atoms with E-state index in [2.05, 4.69) is 170 Å². The number of para-hydroxylation sites is 2. The second kappa shape index (κ2) is 10.8. The van der Waals surface area contributed by atoms with Gasteiger partial charge in [-0.2, -0.15) is 0 Å². The molecule has 0 radical (unpaired) electrons. The van der Waals surface area contributed by atoms with Crippen LogP contribution in [0, 0.1) is 0 Å². The van der Waals surface area contributed by atoms with Crippen LogP contribution >= 0.6 is 11.3 Å². The van der Waals surface area contributed by atoms with E-state index in [0.717, 1.165) is 72.0 Å². The summed E-state index contributed by atoms with van der Waals surface area (Å²) in [6.45, 7) is 0. The van der Waals surface area contributed by atoms with Crippen LogP contribution in [0.3, 0.4) is 0 Å². The molecule has 7 aromatic carbocycles. The van der Waals surface area contributed by atoms with E-state index >= 15 is 0 Å². The van der Waals surface area contributed by atoms with Crippen LogP contribution in [0.25, 0.3) is 65.2 Å². The van der Waals surface area contributed by atoms with Crippen LogP contribution in [0.4, 0.5) is 0 Å². The van der Waals surface area contributed by atoms with E-state index in [0.29, 0.717) is 0 Å². The highest BCUT2D eigenvalue weighted by molar-refractivity contribution is 7.26. The first kappa shape index (κ1) is 28.5. The summed E-state index contributed by atoms with van der Waals surface area (Å²) in [5.41, 5.74) is 13.1. The average molecular weight is 669 g/mol. The number of hydrogen-bond donors (Lipinski definition) is 0. The molecule has 0 amide bonds. The maximum atomic E-state index is 6.55. The van der Waals surface area contributed by atoms with Gasteiger partial charge in [-0.05, 0) is 57.6 Å². The van der Waals surface area contributed by atoms with E-state index in [4.69, 9.17) is 14.7 Å². The second-order valence-electron chi connectivity index (χ2n) is 13.2. The minimum absolute atomic E-state index is 0.506. The van der Waals surface area contributed by atoms with Crippen molar-refractivity contribution in [1.82, 2.24) is 9.97 Å². The molecule has 2 aromatic heterocycles. The van der Waals surface area contributed by atoms with E-state index in [9.17, 15) is 0 Å². The summed E-state index contributed by atoms with van der Waals surface area (Å²) in [4.78, 5) is 10.8. The Morgan fingerprint density at radius 3 is 1.84 bits per heavy atom. The van der Waals surface area contributed by atoms with Gasteiger partial charge in [-0.15, -0.1) is 11.3 Å². The molecule has 1 aliphatic carbocycles. The largest absolute Gasteiger partial charge is 0.457 e. The minimum atomic E-state index is -0.506. The van der Waals surface area contributed by atoms with E-state index < -0.39 is 5.41 Å². The van der Waals surface area contributed by atoms with Crippen molar-refractivity contribution in [2.75, 3.05) is 0 Å². The highest BCUT2D eigenvalue weighted by Gasteiger charge is 2.51. The van der Waals surface area contributed by atoms with Gasteiger partial charge in [0, 0.05) is 32.3 Å². The SMILES string of the molecule is c1ccc(-c2ccccc2-c2nc(-c3ccc4c(c3)-c3ccccc3C43c4ccccc4Oc4ccccc43)c3sc4ccccc4c3n2)cc1. The van der Waals surface area contributed by atoms with E-state index in [1.807, 2.05) is 0 Å². The molecular formula is C47H28N2OS. The molecule has 0 N–H and O–H groups in total. The molecule has 9 aromatic rings. The number of ether oxygens (including phenoxy) is 1. The Hall–Kier alpha value is -6.36. The van der Waals surface area contributed by atoms with Crippen LogP contribution in [-0.2, 0) is 5.41 Å². The van der Waals surface area contributed by atoms with Gasteiger partial charge in [0.1, 0.15) is 11.5 Å². The molecule has 3 nitrogen and oxygen atoms in total. The summed E-state index contributed by atoms with van der Waals surface area (Å²) in [7, 11) is 0. The number of fused-ring (bicyclic) bond motifs is 12. The molecule has 4 heteroatoms. The van der Waals surface area contributed by atoms with Crippen molar-refractivity contribution in [2.24, 2.45) is 0 Å². The summed E-state index contributed by atoms with van der Waals surface area (Å²) in [6.07, 6.45) is 0. The first-order valence-electron chi connectivity index (χ1n) is 17.2. The molecule has 0 saturated heterocycles. The molecule has 51 heavy (non-hydrogen) atoms. The molecule has 0 atom stereocenters. The molecule has 0 unspecified atom stereocenters. The van der Waals surface area contributed by atoms with Crippen molar-refractivity contribution in [3.05, 3.63) is 192 Å². The lowest BCUT2D eigenvalue weighted by Crippen LogP contribution is -2.32. The van der Waals surface area contributed by atoms with Gasteiger partial charge in [0.2, 0.25) is 0 Å². The number of nitrogens with zero attached hydrogens (tertiary/aromatic N) is 2. The number of hydrogen-bond acceptors (Lipinski definition) is 4. The Bertz CT molecular complexity index is 2810. The number of aromatic nitrogens is 2. The third-order valence-electron chi connectivity index (χ3n) is 10.6. The molecule has 3 heterocycles. The molecule has 238 valence electrons. The fraction of sp³-hybridized carbons (Fsp3) is 0.0213. The molecule has 0 bridgehead atoms. The topological polar surface area (TPSA) is 35.0 Å². The molecule has 0 fully saturated rings. The van der Waals surface area contributed by atoms with Gasteiger partial charge in [-0.3, -0.25) is 0 Å². The first-order chi connectivity index (χ1) is 25.3. The quantitative estimate of drug-likeness (QED) is 0.188.